The molecule has 12 heavy (non-hydrogen) atoms. The van der Waals surface area contributed by atoms with Crippen molar-refractivity contribution in [3.8, 4) is 0 Å². The summed E-state index contributed by atoms with van der Waals surface area (Å²) in [5.74, 6) is -0.225. The van der Waals surface area contributed by atoms with E-state index in [0.29, 0.717) is 4.86 Å². The van der Waals surface area contributed by atoms with Crippen LogP contribution in [0.1, 0.15) is 5.56 Å². The molecule has 0 aliphatic heterocycles. The molecule has 0 aromatic heterocycles. The predicted molar refractivity (Wildman–Crippen MR) is 60.3 cm³/mol. The SMILES string of the molecule is O=C(NI)C(=S)c1ccccc1. The van der Waals surface area contributed by atoms with Gasteiger partial charge in [-0.1, -0.05) is 42.5 Å². The van der Waals surface area contributed by atoms with Gasteiger partial charge in [-0.15, -0.1) is 0 Å². The molecule has 0 spiro atoms. The van der Waals surface area contributed by atoms with Gasteiger partial charge < -0.3 is 0 Å². The van der Waals surface area contributed by atoms with Crippen LogP contribution in [0.15, 0.2) is 30.3 Å². The molecule has 4 heteroatoms. The second kappa shape index (κ2) is 4.51. The number of hydrogen-bond acceptors (Lipinski definition) is 2. The molecular weight excluding hydrogens is 285 g/mol. The monoisotopic (exact) mass is 291 g/mol. The Morgan fingerprint density at radius 1 is 1.33 bits per heavy atom. The lowest BCUT2D eigenvalue weighted by Gasteiger charge is -1.99. The second-order valence-electron chi connectivity index (χ2n) is 2.12. The van der Waals surface area contributed by atoms with E-state index in [2.05, 4.69) is 3.53 Å². The van der Waals surface area contributed by atoms with Gasteiger partial charge in [0.1, 0.15) is 4.86 Å². The maximum Gasteiger partial charge on any atom is 0.271 e. The fourth-order valence-electron chi connectivity index (χ4n) is 0.764. The minimum Gasteiger partial charge on any atom is -0.294 e. The van der Waals surface area contributed by atoms with Crippen LogP contribution in [0.4, 0.5) is 0 Å². The van der Waals surface area contributed by atoms with Crippen LogP contribution in [-0.4, -0.2) is 10.8 Å². The highest BCUT2D eigenvalue weighted by Gasteiger charge is 2.08. The minimum atomic E-state index is -0.225. The molecule has 0 heterocycles. The van der Waals surface area contributed by atoms with Crippen LogP contribution in [-0.2, 0) is 4.79 Å². The van der Waals surface area contributed by atoms with Gasteiger partial charge in [-0.25, -0.2) is 0 Å². The lowest BCUT2D eigenvalue weighted by Crippen LogP contribution is -2.22. The van der Waals surface area contributed by atoms with Crippen LogP contribution >= 0.6 is 35.1 Å². The van der Waals surface area contributed by atoms with Crippen molar-refractivity contribution in [1.29, 1.82) is 0 Å². The Kier molecular flexibility index (Phi) is 3.61. The number of hydrogen-bond donors (Lipinski definition) is 1. The molecule has 1 aromatic rings. The van der Waals surface area contributed by atoms with E-state index in [0.717, 1.165) is 5.56 Å². The van der Waals surface area contributed by atoms with Gasteiger partial charge in [-0.2, -0.15) is 0 Å². The molecule has 0 aliphatic carbocycles. The number of benzene rings is 1. The summed E-state index contributed by atoms with van der Waals surface area (Å²) < 4.78 is 2.45. The minimum absolute atomic E-state index is 0.225. The van der Waals surface area contributed by atoms with Gasteiger partial charge in [0, 0.05) is 0 Å². The number of halogens is 1. The first-order valence-corrected chi connectivity index (χ1v) is 4.74. The number of amides is 1. The number of carbonyl (C=O) groups excluding carboxylic acids is 1. The Balaban J connectivity index is 2.86. The second-order valence-corrected chi connectivity index (χ2v) is 3.07. The smallest absolute Gasteiger partial charge is 0.271 e. The first-order valence-electron chi connectivity index (χ1n) is 3.26. The van der Waals surface area contributed by atoms with Crippen LogP contribution in [0.3, 0.4) is 0 Å². The van der Waals surface area contributed by atoms with Crippen LogP contribution in [0.25, 0.3) is 0 Å². The summed E-state index contributed by atoms with van der Waals surface area (Å²) in [5, 5.41) is 0. The van der Waals surface area contributed by atoms with Crippen molar-refractivity contribution < 1.29 is 4.79 Å². The lowest BCUT2D eigenvalue weighted by atomic mass is 10.1. The van der Waals surface area contributed by atoms with Crippen molar-refractivity contribution in [1.82, 2.24) is 3.53 Å². The maximum atomic E-state index is 11.1. The summed E-state index contributed by atoms with van der Waals surface area (Å²) in [5.41, 5.74) is 0.779. The summed E-state index contributed by atoms with van der Waals surface area (Å²) >= 11 is 6.69. The normalized spacial score (nSPS) is 9.08. The van der Waals surface area contributed by atoms with E-state index in [9.17, 15) is 4.79 Å². The molecule has 0 radical (unpaired) electrons. The zero-order chi connectivity index (χ0) is 8.97. The van der Waals surface area contributed by atoms with E-state index >= 15 is 0 Å². The molecule has 62 valence electrons. The predicted octanol–water partition coefficient (Wildman–Crippen LogP) is 1.87. The van der Waals surface area contributed by atoms with Gasteiger partial charge in [0.15, 0.2) is 0 Å². The quantitative estimate of drug-likeness (QED) is 0.390. The third-order valence-electron chi connectivity index (χ3n) is 1.33. The van der Waals surface area contributed by atoms with Crippen molar-refractivity contribution in [2.24, 2.45) is 0 Å². The summed E-state index contributed by atoms with van der Waals surface area (Å²) in [6.45, 7) is 0. The van der Waals surface area contributed by atoms with Crippen molar-refractivity contribution in [2.45, 2.75) is 0 Å². The first kappa shape index (κ1) is 9.60. The van der Waals surface area contributed by atoms with Crippen molar-refractivity contribution in [3.63, 3.8) is 0 Å². The fraction of sp³-hybridized carbons (Fsp3) is 0. The zero-order valence-electron chi connectivity index (χ0n) is 6.08. The summed E-state index contributed by atoms with van der Waals surface area (Å²) in [6.07, 6.45) is 0. The number of carbonyl (C=O) groups is 1. The Morgan fingerprint density at radius 3 is 2.42 bits per heavy atom. The molecule has 0 bridgehead atoms. The largest absolute Gasteiger partial charge is 0.294 e. The molecule has 1 aromatic carbocycles. The molecule has 2 nitrogen and oxygen atoms in total. The summed E-state index contributed by atoms with van der Waals surface area (Å²) in [6, 6.07) is 9.21. The molecule has 0 fully saturated rings. The van der Waals surface area contributed by atoms with Gasteiger partial charge in [0.25, 0.3) is 5.91 Å². The lowest BCUT2D eigenvalue weighted by molar-refractivity contribution is -0.112. The van der Waals surface area contributed by atoms with Crippen LogP contribution in [0.5, 0.6) is 0 Å². The molecular formula is C8H6INOS. The Morgan fingerprint density at radius 2 is 1.92 bits per heavy atom. The maximum absolute atomic E-state index is 11.1. The average molecular weight is 291 g/mol. The fourth-order valence-corrected chi connectivity index (χ4v) is 1.40. The van der Waals surface area contributed by atoms with Crippen LogP contribution in [0.2, 0.25) is 0 Å². The summed E-state index contributed by atoms with van der Waals surface area (Å²) in [4.78, 5) is 11.4. The van der Waals surface area contributed by atoms with E-state index in [1.165, 1.54) is 0 Å². The standard InChI is InChI=1S/C8H6INOS/c9-10-8(11)7(12)6-4-2-1-3-5-6/h1-5H,(H,10,11). The molecule has 0 saturated carbocycles. The van der Waals surface area contributed by atoms with Gasteiger partial charge >= 0.3 is 0 Å². The zero-order valence-corrected chi connectivity index (χ0v) is 9.06. The Hall–Kier alpha value is -0.490. The van der Waals surface area contributed by atoms with Gasteiger partial charge in [-0.3, -0.25) is 8.32 Å². The number of thiocarbonyl (C=S) groups is 1. The van der Waals surface area contributed by atoms with Crippen molar-refractivity contribution >= 4 is 45.9 Å². The molecule has 1 rings (SSSR count). The molecule has 0 atom stereocenters. The van der Waals surface area contributed by atoms with Crippen LogP contribution in [0, 0.1) is 0 Å². The topological polar surface area (TPSA) is 29.1 Å². The molecule has 0 unspecified atom stereocenters. The number of nitrogens with one attached hydrogen (secondary N) is 1. The molecule has 0 aliphatic rings. The van der Waals surface area contributed by atoms with Gasteiger partial charge in [0.05, 0.1) is 22.9 Å². The average Bonchev–Trinajstić information content (AvgIpc) is 2.17. The Labute approximate surface area is 89.8 Å². The molecule has 1 N–H and O–H groups in total. The van der Waals surface area contributed by atoms with Gasteiger partial charge in [0.2, 0.25) is 0 Å². The highest BCUT2D eigenvalue weighted by molar-refractivity contribution is 14.1. The molecule has 1 amide bonds. The number of rotatable bonds is 2. The van der Waals surface area contributed by atoms with Gasteiger partial charge in [-0.05, 0) is 5.56 Å². The van der Waals surface area contributed by atoms with E-state index in [1.807, 2.05) is 30.3 Å². The van der Waals surface area contributed by atoms with E-state index in [1.54, 1.807) is 22.9 Å². The first-order chi connectivity index (χ1) is 5.75. The van der Waals surface area contributed by atoms with Crippen LogP contribution < -0.4 is 3.53 Å². The summed E-state index contributed by atoms with van der Waals surface area (Å²) in [7, 11) is 0. The third-order valence-corrected chi connectivity index (χ3v) is 2.24. The highest BCUT2D eigenvalue weighted by atomic mass is 127. The highest BCUT2D eigenvalue weighted by Crippen LogP contribution is 2.01. The van der Waals surface area contributed by atoms with E-state index < -0.39 is 0 Å². The van der Waals surface area contributed by atoms with E-state index in [4.69, 9.17) is 12.2 Å². The van der Waals surface area contributed by atoms with E-state index in [-0.39, 0.29) is 5.91 Å². The van der Waals surface area contributed by atoms with Crippen molar-refractivity contribution in [3.05, 3.63) is 35.9 Å². The third kappa shape index (κ3) is 2.25. The van der Waals surface area contributed by atoms with Crippen molar-refractivity contribution in [2.75, 3.05) is 0 Å². The molecule has 0 saturated heterocycles. The Bertz CT molecular complexity index is 299.